The topological polar surface area (TPSA) is 47.0 Å². The Hall–Kier alpha value is -0.560. The van der Waals surface area contributed by atoms with Crippen LogP contribution in [0.4, 0.5) is 5.00 Å². The molecule has 0 amide bonds. The van der Waals surface area contributed by atoms with Crippen LogP contribution in [-0.4, -0.2) is 16.6 Å². The van der Waals surface area contributed by atoms with Crippen LogP contribution in [0.25, 0.3) is 0 Å². The predicted molar refractivity (Wildman–Crippen MR) is 77.9 cm³/mol. The number of hydrogen-bond acceptors (Lipinski definition) is 5. The van der Waals surface area contributed by atoms with Crippen LogP contribution >= 0.6 is 50.7 Å². The lowest BCUT2D eigenvalue weighted by atomic mass is 10.3. The fourth-order valence-electron chi connectivity index (χ4n) is 1.25. The second-order valence-corrected chi connectivity index (χ2v) is 5.71. The van der Waals surface area contributed by atoms with Crippen molar-refractivity contribution in [2.24, 2.45) is 0 Å². The summed E-state index contributed by atoms with van der Waals surface area (Å²) < 4.78 is 10.2. The molecule has 1 aromatic heterocycles. The number of nitrogens with zero attached hydrogens (tertiary/aromatic N) is 2. The lowest BCUT2D eigenvalue weighted by Crippen LogP contribution is -2.00. The fourth-order valence-corrected chi connectivity index (χ4v) is 2.62. The summed E-state index contributed by atoms with van der Waals surface area (Å²) in [4.78, 5) is 0. The normalized spacial score (nSPS) is 10.4. The van der Waals surface area contributed by atoms with E-state index >= 15 is 0 Å². The maximum absolute atomic E-state index is 6.05. The van der Waals surface area contributed by atoms with Crippen molar-refractivity contribution >= 4 is 55.7 Å². The predicted octanol–water partition coefficient (Wildman–Crippen LogP) is 4.23. The van der Waals surface area contributed by atoms with Gasteiger partial charge in [0.25, 0.3) is 0 Å². The molecule has 0 atom stereocenters. The van der Waals surface area contributed by atoms with Gasteiger partial charge >= 0.3 is 0 Å². The molecule has 1 N–H and O–H groups in total. The van der Waals surface area contributed by atoms with Gasteiger partial charge in [0.15, 0.2) is 0 Å². The second-order valence-electron chi connectivity index (χ2n) is 3.28. The molecule has 0 bridgehead atoms. The van der Waals surface area contributed by atoms with Gasteiger partial charge in [-0.05, 0) is 22.0 Å². The van der Waals surface area contributed by atoms with Crippen molar-refractivity contribution in [3.05, 3.63) is 32.3 Å². The second kappa shape index (κ2) is 6.06. The minimum absolute atomic E-state index is 0.282. The zero-order valence-corrected chi connectivity index (χ0v) is 13.1. The summed E-state index contributed by atoms with van der Waals surface area (Å²) >= 11 is 16.6. The fraction of sp³-hybridized carbons (Fsp3) is 0.200. The van der Waals surface area contributed by atoms with E-state index in [4.69, 9.17) is 27.9 Å². The Morgan fingerprint density at radius 2 is 2.17 bits per heavy atom. The summed E-state index contributed by atoms with van der Waals surface area (Å²) in [6.45, 7) is 0.282. The van der Waals surface area contributed by atoms with Gasteiger partial charge in [0, 0.05) is 29.1 Å². The molecule has 0 saturated carbocycles. The Bertz CT molecular complexity index is 564. The van der Waals surface area contributed by atoms with Crippen LogP contribution in [0.3, 0.4) is 0 Å². The molecule has 1 aromatic carbocycles. The third kappa shape index (κ3) is 3.06. The molecule has 0 fully saturated rings. The van der Waals surface area contributed by atoms with Crippen molar-refractivity contribution in [3.63, 3.8) is 0 Å². The molecule has 18 heavy (non-hydrogen) atoms. The lowest BCUT2D eigenvalue weighted by Gasteiger charge is -2.08. The van der Waals surface area contributed by atoms with Gasteiger partial charge in [0.2, 0.25) is 0 Å². The highest BCUT2D eigenvalue weighted by molar-refractivity contribution is 9.10. The lowest BCUT2D eigenvalue weighted by molar-refractivity contribution is 0.302. The minimum Gasteiger partial charge on any atom is -0.485 e. The number of anilines is 1. The molecule has 0 unspecified atom stereocenters. The average Bonchev–Trinajstić information content (AvgIpc) is 2.79. The number of rotatable bonds is 4. The van der Waals surface area contributed by atoms with E-state index < -0.39 is 0 Å². The van der Waals surface area contributed by atoms with Gasteiger partial charge < -0.3 is 10.1 Å². The van der Waals surface area contributed by atoms with E-state index in [-0.39, 0.29) is 6.61 Å². The first kappa shape index (κ1) is 13.9. The van der Waals surface area contributed by atoms with Crippen LogP contribution in [-0.2, 0) is 6.61 Å². The highest BCUT2D eigenvalue weighted by Crippen LogP contribution is 2.34. The molecule has 96 valence electrons. The molecule has 4 nitrogen and oxygen atoms in total. The number of ether oxygens (including phenoxy) is 1. The Morgan fingerprint density at radius 3 is 2.89 bits per heavy atom. The summed E-state index contributed by atoms with van der Waals surface area (Å²) in [5, 5.41) is 8.86. The highest BCUT2D eigenvalue weighted by atomic mass is 79.9. The van der Waals surface area contributed by atoms with Crippen LogP contribution in [0, 0.1) is 0 Å². The van der Waals surface area contributed by atoms with E-state index in [0.29, 0.717) is 15.8 Å². The first-order chi connectivity index (χ1) is 8.61. The average molecular weight is 369 g/mol. The van der Waals surface area contributed by atoms with E-state index in [1.807, 2.05) is 7.05 Å². The molecule has 8 heteroatoms. The molecular weight excluding hydrogens is 361 g/mol. The largest absolute Gasteiger partial charge is 0.485 e. The number of hydrogen-bond donors (Lipinski definition) is 1. The van der Waals surface area contributed by atoms with Gasteiger partial charge in [-0.2, -0.15) is 0 Å². The number of benzene rings is 1. The van der Waals surface area contributed by atoms with E-state index in [9.17, 15) is 0 Å². The van der Waals surface area contributed by atoms with Gasteiger partial charge in [-0.3, -0.25) is 0 Å². The van der Waals surface area contributed by atoms with Crippen LogP contribution in [0.15, 0.2) is 16.6 Å². The molecule has 2 rings (SSSR count). The van der Waals surface area contributed by atoms with Crippen molar-refractivity contribution in [3.8, 4) is 5.75 Å². The van der Waals surface area contributed by atoms with Crippen molar-refractivity contribution in [1.82, 2.24) is 9.59 Å². The maximum atomic E-state index is 6.05. The molecule has 0 radical (unpaired) electrons. The number of halogens is 3. The third-order valence-electron chi connectivity index (χ3n) is 2.12. The van der Waals surface area contributed by atoms with Crippen molar-refractivity contribution in [2.45, 2.75) is 6.61 Å². The molecule has 0 aliphatic heterocycles. The summed E-state index contributed by atoms with van der Waals surface area (Å²) in [6, 6.07) is 3.35. The molecule has 0 aliphatic rings. The van der Waals surface area contributed by atoms with Gasteiger partial charge in [-0.25, -0.2) is 0 Å². The molecule has 0 saturated heterocycles. The van der Waals surface area contributed by atoms with Crippen LogP contribution < -0.4 is 10.1 Å². The quantitative estimate of drug-likeness (QED) is 0.820. The van der Waals surface area contributed by atoms with E-state index in [2.05, 4.69) is 30.8 Å². The highest BCUT2D eigenvalue weighted by Gasteiger charge is 2.10. The summed E-state index contributed by atoms with van der Waals surface area (Å²) in [7, 11) is 1.81. The molecule has 2 aromatic rings. The van der Waals surface area contributed by atoms with E-state index in [1.165, 1.54) is 11.5 Å². The van der Waals surface area contributed by atoms with E-state index in [0.717, 1.165) is 15.2 Å². The maximum Gasteiger partial charge on any atom is 0.140 e. The van der Waals surface area contributed by atoms with Gasteiger partial charge in [0.1, 0.15) is 23.1 Å². The third-order valence-corrected chi connectivity index (χ3v) is 4.40. The summed E-state index contributed by atoms with van der Waals surface area (Å²) in [5.41, 5.74) is 0.734. The zero-order chi connectivity index (χ0) is 13.1. The van der Waals surface area contributed by atoms with Gasteiger partial charge in [-0.15, -0.1) is 5.10 Å². The zero-order valence-electron chi connectivity index (χ0n) is 9.21. The summed E-state index contributed by atoms with van der Waals surface area (Å²) in [6.07, 6.45) is 0. The first-order valence-corrected chi connectivity index (χ1v) is 7.20. The summed E-state index contributed by atoms with van der Waals surface area (Å²) in [5.74, 6) is 0.514. The van der Waals surface area contributed by atoms with Crippen LogP contribution in [0.5, 0.6) is 5.75 Å². The Kier molecular flexibility index (Phi) is 4.66. The Labute approximate surface area is 127 Å². The van der Waals surface area contributed by atoms with Crippen LogP contribution in [0.1, 0.15) is 5.69 Å². The molecule has 1 heterocycles. The standard InChI is InChI=1S/C10H8BrCl2N3OS/c1-14-10-8(15-16-18-10)4-17-9-3-6(12)5(11)2-7(9)13/h2-3,14H,4H2,1H3. The van der Waals surface area contributed by atoms with Crippen molar-refractivity contribution in [2.75, 3.05) is 12.4 Å². The molecule has 0 spiro atoms. The van der Waals surface area contributed by atoms with Crippen molar-refractivity contribution in [1.29, 1.82) is 0 Å². The minimum atomic E-state index is 0.282. The number of aromatic nitrogens is 2. The number of nitrogens with one attached hydrogen (secondary N) is 1. The molecule has 0 aliphatic carbocycles. The van der Waals surface area contributed by atoms with Gasteiger partial charge in [-0.1, -0.05) is 27.7 Å². The van der Waals surface area contributed by atoms with Crippen LogP contribution in [0.2, 0.25) is 10.0 Å². The Balaban J connectivity index is 2.13. The van der Waals surface area contributed by atoms with Gasteiger partial charge in [0.05, 0.1) is 10.0 Å². The Morgan fingerprint density at radius 1 is 1.39 bits per heavy atom. The van der Waals surface area contributed by atoms with Crippen molar-refractivity contribution < 1.29 is 4.74 Å². The SMILES string of the molecule is CNc1snnc1COc1cc(Cl)c(Br)cc1Cl. The first-order valence-electron chi connectivity index (χ1n) is 4.88. The van der Waals surface area contributed by atoms with E-state index in [1.54, 1.807) is 12.1 Å². The molecular formula is C10H8BrCl2N3OS. The smallest absolute Gasteiger partial charge is 0.140 e. The monoisotopic (exact) mass is 367 g/mol.